The number of nitriles is 1. The van der Waals surface area contributed by atoms with Crippen molar-refractivity contribution in [2.75, 3.05) is 7.11 Å². The maximum atomic E-state index is 13.6. The number of hydrogen-bond donors (Lipinski definition) is 0. The van der Waals surface area contributed by atoms with Crippen LogP contribution in [0.1, 0.15) is 11.1 Å². The molecule has 6 rings (SSSR count). The summed E-state index contributed by atoms with van der Waals surface area (Å²) in [5.74, 6) is 0. The van der Waals surface area contributed by atoms with Gasteiger partial charge in [-0.25, -0.2) is 9.78 Å². The van der Waals surface area contributed by atoms with Gasteiger partial charge in [0.25, 0.3) is 5.65 Å². The summed E-state index contributed by atoms with van der Waals surface area (Å²) < 4.78 is 8.66. The van der Waals surface area contributed by atoms with Gasteiger partial charge in [-0.05, 0) is 50.0 Å². The molecule has 1 N–H and O–H groups in total. The molecule has 12 nitrogen and oxygen atoms in total. The molecule has 38 heavy (non-hydrogen) atoms. The number of ether oxygens (including phenoxy) is 1. The van der Waals surface area contributed by atoms with Crippen LogP contribution in [0.4, 0.5) is 0 Å². The standard InChI is InChI=1S/C25H15ClN9O3/c1-38-23-28-11-17(12-29-23)20-19(16-6-8-18(26)9-7-16)21-30-31-24(36)34(21)35-22(20)32-33(25(35)37)13-15-4-2-14(10-27)3-5-15/h2-9,11-12H,13H2,1H3/q+1/p+1. The minimum Gasteiger partial charge on any atom is -0.432 e. The van der Waals surface area contributed by atoms with Crippen LogP contribution in [-0.4, -0.2) is 36.4 Å². The Labute approximate surface area is 217 Å². The Bertz CT molecular complexity index is 1980. The van der Waals surface area contributed by atoms with Crippen LogP contribution in [-0.2, 0) is 6.54 Å². The summed E-state index contributed by atoms with van der Waals surface area (Å²) >= 11 is 6.14. The lowest BCUT2D eigenvalue weighted by molar-refractivity contribution is -0.755. The second kappa shape index (κ2) is 8.99. The van der Waals surface area contributed by atoms with Crippen molar-refractivity contribution in [3.63, 3.8) is 0 Å². The first-order chi connectivity index (χ1) is 18.5. The minimum absolute atomic E-state index is 0.104. The van der Waals surface area contributed by atoms with E-state index in [4.69, 9.17) is 21.6 Å². The fourth-order valence-electron chi connectivity index (χ4n) is 4.28. The van der Waals surface area contributed by atoms with Gasteiger partial charge < -0.3 is 4.74 Å². The number of halogens is 1. The van der Waals surface area contributed by atoms with Crippen molar-refractivity contribution in [2.45, 2.75) is 6.54 Å². The molecular formula is C25H16ClN9O3+2. The molecule has 0 aliphatic carbocycles. The molecule has 0 unspecified atom stereocenters. The van der Waals surface area contributed by atoms with Crippen molar-refractivity contribution in [1.82, 2.24) is 29.3 Å². The molecule has 184 valence electrons. The van der Waals surface area contributed by atoms with Crippen LogP contribution in [0.5, 0.6) is 6.01 Å². The van der Waals surface area contributed by atoms with E-state index in [-0.39, 0.29) is 23.8 Å². The van der Waals surface area contributed by atoms with Crippen LogP contribution in [0.3, 0.4) is 0 Å². The Balaban J connectivity index is 1.70. The molecular weight excluding hydrogens is 510 g/mol. The third kappa shape index (κ3) is 3.69. The Hall–Kier alpha value is -5.28. The van der Waals surface area contributed by atoms with Crippen LogP contribution >= 0.6 is 11.6 Å². The smallest absolute Gasteiger partial charge is 0.432 e. The molecule has 4 aromatic heterocycles. The Kier molecular flexibility index (Phi) is 5.47. The fraction of sp³-hybridized carbons (Fsp3) is 0.0800. The molecule has 0 aliphatic heterocycles. The summed E-state index contributed by atoms with van der Waals surface area (Å²) in [7, 11) is 1.48. The van der Waals surface area contributed by atoms with Crippen molar-refractivity contribution in [1.29, 1.82) is 5.26 Å². The van der Waals surface area contributed by atoms with E-state index in [2.05, 4.69) is 31.3 Å². The number of H-pyrrole nitrogens is 1. The molecule has 0 amide bonds. The number of methoxy groups -OCH3 is 1. The van der Waals surface area contributed by atoms with E-state index in [9.17, 15) is 9.59 Å². The van der Waals surface area contributed by atoms with Crippen molar-refractivity contribution < 1.29 is 14.4 Å². The average Bonchev–Trinajstić information content (AvgIpc) is 3.48. The maximum Gasteiger partial charge on any atom is 0.545 e. The van der Waals surface area contributed by atoms with Crippen LogP contribution in [0, 0.1) is 11.3 Å². The lowest BCUT2D eigenvalue weighted by Crippen LogP contribution is -2.52. The highest BCUT2D eigenvalue weighted by Crippen LogP contribution is 2.36. The monoisotopic (exact) mass is 525 g/mol. The third-order valence-electron chi connectivity index (χ3n) is 6.03. The molecule has 0 bridgehead atoms. The minimum atomic E-state index is -0.730. The molecule has 0 radical (unpaired) electrons. The number of fused-ring (bicyclic) bond motifs is 3. The lowest BCUT2D eigenvalue weighted by atomic mass is 9.98. The summed E-state index contributed by atoms with van der Waals surface area (Å²) in [4.78, 5) is 33.7. The van der Waals surface area contributed by atoms with Gasteiger partial charge in [-0.15, -0.1) is 5.10 Å². The third-order valence-corrected chi connectivity index (χ3v) is 6.28. The van der Waals surface area contributed by atoms with Crippen molar-refractivity contribution >= 4 is 22.9 Å². The second-order valence-corrected chi connectivity index (χ2v) is 8.71. The van der Waals surface area contributed by atoms with Gasteiger partial charge in [-0.1, -0.05) is 50.2 Å². The van der Waals surface area contributed by atoms with Crippen molar-refractivity contribution in [3.8, 4) is 34.3 Å². The number of hydrogen-bond acceptors (Lipinski definition) is 8. The van der Waals surface area contributed by atoms with E-state index in [1.807, 2.05) is 0 Å². The Morgan fingerprint density at radius 3 is 2.39 bits per heavy atom. The van der Waals surface area contributed by atoms with Gasteiger partial charge in [-0.2, -0.15) is 10.1 Å². The quantitative estimate of drug-likeness (QED) is 0.302. The zero-order valence-corrected chi connectivity index (χ0v) is 20.4. The van der Waals surface area contributed by atoms with Crippen LogP contribution in [0.2, 0.25) is 5.02 Å². The molecule has 4 heterocycles. The maximum absolute atomic E-state index is 13.6. The topological polar surface area (TPSA) is 146 Å². The Morgan fingerprint density at radius 2 is 1.74 bits per heavy atom. The first kappa shape index (κ1) is 23.1. The molecule has 0 aliphatic rings. The van der Waals surface area contributed by atoms with Crippen molar-refractivity contribution in [3.05, 3.63) is 98.0 Å². The summed E-state index contributed by atoms with van der Waals surface area (Å²) in [6, 6.07) is 16.1. The molecule has 0 fully saturated rings. The van der Waals surface area contributed by atoms with E-state index in [0.29, 0.717) is 32.8 Å². The highest BCUT2D eigenvalue weighted by Gasteiger charge is 2.32. The number of nitrogens with zero attached hydrogens (tertiary/aromatic N) is 8. The second-order valence-electron chi connectivity index (χ2n) is 8.27. The normalized spacial score (nSPS) is 11.2. The van der Waals surface area contributed by atoms with E-state index < -0.39 is 11.4 Å². The molecule has 6 aromatic rings. The highest BCUT2D eigenvalue weighted by molar-refractivity contribution is 6.30. The van der Waals surface area contributed by atoms with Gasteiger partial charge in [-0.3, -0.25) is 0 Å². The zero-order valence-electron chi connectivity index (χ0n) is 19.7. The van der Waals surface area contributed by atoms with Gasteiger partial charge >= 0.3 is 17.4 Å². The number of nitrogens with one attached hydrogen (secondary N) is 1. The largest absolute Gasteiger partial charge is 0.545 e. The molecule has 0 spiro atoms. The van der Waals surface area contributed by atoms with Crippen LogP contribution < -0.4 is 25.8 Å². The van der Waals surface area contributed by atoms with Crippen LogP contribution in [0.25, 0.3) is 33.5 Å². The molecule has 0 saturated heterocycles. The lowest BCUT2D eigenvalue weighted by Gasteiger charge is -2.08. The SMILES string of the molecule is COc1ncc(-c2c(-c3ccc(Cl)cc3)c3nnc(=O)n3n3c(=O)[n+](Cc4ccc(C#N)cc4)nc23)c[nH+]1. The predicted octanol–water partition coefficient (Wildman–Crippen LogP) is 0.948. The summed E-state index contributed by atoms with van der Waals surface area (Å²) in [6.45, 7) is 0.104. The van der Waals surface area contributed by atoms with Gasteiger partial charge in [0.15, 0.2) is 6.20 Å². The summed E-state index contributed by atoms with van der Waals surface area (Å²) in [5.41, 5.74) is 2.55. The van der Waals surface area contributed by atoms with Crippen molar-refractivity contribution in [2.24, 2.45) is 0 Å². The summed E-state index contributed by atoms with van der Waals surface area (Å²) in [6.07, 6.45) is 3.23. The highest BCUT2D eigenvalue weighted by atomic mass is 35.5. The van der Waals surface area contributed by atoms with E-state index in [0.717, 1.165) is 14.6 Å². The van der Waals surface area contributed by atoms with Crippen LogP contribution in [0.15, 0.2) is 70.5 Å². The molecule has 0 saturated carbocycles. The van der Waals surface area contributed by atoms with E-state index >= 15 is 0 Å². The van der Waals surface area contributed by atoms with Gasteiger partial charge in [0, 0.05) is 10.6 Å². The first-order valence-electron chi connectivity index (χ1n) is 11.2. The predicted molar refractivity (Wildman–Crippen MR) is 133 cm³/mol. The van der Waals surface area contributed by atoms with Gasteiger partial charge in [0.05, 0.1) is 29.9 Å². The number of aromatic amines is 1. The van der Waals surface area contributed by atoms with Gasteiger partial charge in [0.1, 0.15) is 12.7 Å². The molecule has 13 heteroatoms. The zero-order chi connectivity index (χ0) is 26.4. The van der Waals surface area contributed by atoms with Gasteiger partial charge in [0.2, 0.25) is 5.65 Å². The summed E-state index contributed by atoms with van der Waals surface area (Å²) in [5, 5.41) is 22.1. The molecule has 2 aromatic carbocycles. The Morgan fingerprint density at radius 1 is 1.00 bits per heavy atom. The molecule has 0 atom stereocenters. The fourth-order valence-corrected chi connectivity index (χ4v) is 4.40. The van der Waals surface area contributed by atoms with E-state index in [1.165, 1.54) is 11.8 Å². The number of rotatable bonds is 5. The first-order valence-corrected chi connectivity index (χ1v) is 11.6. The average molecular weight is 526 g/mol. The number of aromatic nitrogens is 8. The van der Waals surface area contributed by atoms with E-state index in [1.54, 1.807) is 60.9 Å². The number of benzene rings is 2.